The SMILES string of the molecule is Cc1cc(C)c(C=NNC(=O)CCC(=O)Nc2cccc(Cl)c2C)c(C)c1. The van der Waals surface area contributed by atoms with Crippen molar-refractivity contribution < 1.29 is 9.59 Å². The minimum Gasteiger partial charge on any atom is -0.326 e. The predicted molar refractivity (Wildman–Crippen MR) is 110 cm³/mol. The molecule has 0 saturated heterocycles. The van der Waals surface area contributed by atoms with Crippen LogP contribution in [0.15, 0.2) is 35.4 Å². The molecule has 0 heterocycles. The second kappa shape index (κ2) is 9.33. The van der Waals surface area contributed by atoms with Crippen LogP contribution in [0.3, 0.4) is 0 Å². The average molecular weight is 386 g/mol. The molecule has 0 aliphatic heterocycles. The summed E-state index contributed by atoms with van der Waals surface area (Å²) in [6.45, 7) is 7.88. The maximum absolute atomic E-state index is 12.0. The first kappa shape index (κ1) is 20.6. The van der Waals surface area contributed by atoms with Crippen molar-refractivity contribution in [1.29, 1.82) is 0 Å². The highest BCUT2D eigenvalue weighted by Crippen LogP contribution is 2.23. The van der Waals surface area contributed by atoms with Crippen LogP contribution in [0.2, 0.25) is 5.02 Å². The van der Waals surface area contributed by atoms with Gasteiger partial charge in [-0.2, -0.15) is 5.10 Å². The van der Waals surface area contributed by atoms with E-state index in [1.807, 2.05) is 27.7 Å². The van der Waals surface area contributed by atoms with Crippen LogP contribution < -0.4 is 10.7 Å². The smallest absolute Gasteiger partial charge is 0.240 e. The van der Waals surface area contributed by atoms with Crippen LogP contribution in [0.4, 0.5) is 5.69 Å². The zero-order valence-electron chi connectivity index (χ0n) is 16.0. The van der Waals surface area contributed by atoms with Crippen molar-refractivity contribution >= 4 is 35.3 Å². The molecule has 0 aliphatic rings. The van der Waals surface area contributed by atoms with Crippen molar-refractivity contribution in [3.63, 3.8) is 0 Å². The molecule has 2 N–H and O–H groups in total. The molecule has 142 valence electrons. The fourth-order valence-electron chi connectivity index (χ4n) is 2.80. The number of hydrazone groups is 1. The molecule has 0 saturated carbocycles. The third-order valence-corrected chi connectivity index (χ3v) is 4.65. The lowest BCUT2D eigenvalue weighted by atomic mass is 10.0. The summed E-state index contributed by atoms with van der Waals surface area (Å²) in [7, 11) is 0. The van der Waals surface area contributed by atoms with Crippen LogP contribution in [-0.2, 0) is 9.59 Å². The third kappa shape index (κ3) is 5.93. The van der Waals surface area contributed by atoms with Crippen molar-refractivity contribution in [2.45, 2.75) is 40.5 Å². The first-order chi connectivity index (χ1) is 12.8. The number of hydrogen-bond donors (Lipinski definition) is 2. The molecule has 27 heavy (non-hydrogen) atoms. The van der Waals surface area contributed by atoms with Crippen LogP contribution in [0.1, 0.15) is 40.7 Å². The molecule has 6 heteroatoms. The molecule has 0 unspecified atom stereocenters. The number of halogens is 1. The Balaban J connectivity index is 1.84. The summed E-state index contributed by atoms with van der Waals surface area (Å²) in [4.78, 5) is 23.9. The van der Waals surface area contributed by atoms with Gasteiger partial charge in [-0.3, -0.25) is 9.59 Å². The minimum absolute atomic E-state index is 0.0502. The van der Waals surface area contributed by atoms with Gasteiger partial charge in [-0.1, -0.05) is 35.4 Å². The molecule has 2 rings (SSSR count). The quantitative estimate of drug-likeness (QED) is 0.570. The number of anilines is 1. The Bertz CT molecular complexity index is 868. The largest absolute Gasteiger partial charge is 0.326 e. The summed E-state index contributed by atoms with van der Waals surface area (Å²) in [5.41, 5.74) is 8.28. The predicted octanol–water partition coefficient (Wildman–Crippen LogP) is 4.44. The fourth-order valence-corrected chi connectivity index (χ4v) is 2.98. The maximum Gasteiger partial charge on any atom is 0.240 e. The van der Waals surface area contributed by atoms with Gasteiger partial charge in [0, 0.05) is 29.1 Å². The molecule has 2 amide bonds. The van der Waals surface area contributed by atoms with Gasteiger partial charge in [-0.25, -0.2) is 5.43 Å². The Kier molecular flexibility index (Phi) is 7.13. The average Bonchev–Trinajstić information content (AvgIpc) is 2.59. The molecule has 0 fully saturated rings. The normalized spacial score (nSPS) is 10.9. The molecule has 0 bridgehead atoms. The van der Waals surface area contributed by atoms with E-state index in [1.165, 1.54) is 5.56 Å². The molecule has 0 aromatic heterocycles. The number of rotatable bonds is 6. The summed E-state index contributed by atoms with van der Waals surface area (Å²) < 4.78 is 0. The highest BCUT2D eigenvalue weighted by molar-refractivity contribution is 6.31. The molecule has 0 atom stereocenters. The van der Waals surface area contributed by atoms with Crippen LogP contribution in [0.5, 0.6) is 0 Å². The van der Waals surface area contributed by atoms with Gasteiger partial charge < -0.3 is 5.32 Å². The number of amides is 2. The number of carbonyl (C=O) groups excluding carboxylic acids is 2. The summed E-state index contributed by atoms with van der Waals surface area (Å²) in [5.74, 6) is -0.559. The Morgan fingerprint density at radius 1 is 1.04 bits per heavy atom. The van der Waals surface area contributed by atoms with Crippen LogP contribution in [0, 0.1) is 27.7 Å². The van der Waals surface area contributed by atoms with Gasteiger partial charge in [0.2, 0.25) is 11.8 Å². The number of carbonyl (C=O) groups is 2. The molecule has 0 spiro atoms. The van der Waals surface area contributed by atoms with E-state index in [-0.39, 0.29) is 24.7 Å². The van der Waals surface area contributed by atoms with E-state index in [2.05, 4.69) is 28.0 Å². The van der Waals surface area contributed by atoms with Crippen molar-refractivity contribution in [2.24, 2.45) is 5.10 Å². The van der Waals surface area contributed by atoms with Crippen molar-refractivity contribution in [3.8, 4) is 0 Å². The van der Waals surface area contributed by atoms with Gasteiger partial charge in [0.1, 0.15) is 0 Å². The van der Waals surface area contributed by atoms with Gasteiger partial charge in [0.05, 0.1) is 6.21 Å². The monoisotopic (exact) mass is 385 g/mol. The van der Waals surface area contributed by atoms with Gasteiger partial charge in [0.25, 0.3) is 0 Å². The minimum atomic E-state index is -0.313. The Morgan fingerprint density at radius 2 is 1.67 bits per heavy atom. The van der Waals surface area contributed by atoms with Crippen LogP contribution >= 0.6 is 11.6 Å². The fraction of sp³-hybridized carbons (Fsp3) is 0.286. The zero-order valence-corrected chi connectivity index (χ0v) is 16.8. The van der Waals surface area contributed by atoms with E-state index < -0.39 is 0 Å². The van der Waals surface area contributed by atoms with Gasteiger partial charge in [0.15, 0.2) is 0 Å². The summed E-state index contributed by atoms with van der Waals surface area (Å²) in [6, 6.07) is 9.43. The summed E-state index contributed by atoms with van der Waals surface area (Å²) >= 11 is 6.03. The number of aryl methyl sites for hydroxylation is 3. The molecule has 2 aromatic rings. The van der Waals surface area contributed by atoms with E-state index in [1.54, 1.807) is 24.4 Å². The molecule has 0 aliphatic carbocycles. The Morgan fingerprint density at radius 3 is 2.33 bits per heavy atom. The first-order valence-corrected chi connectivity index (χ1v) is 9.10. The lowest BCUT2D eigenvalue weighted by molar-refractivity contribution is -0.124. The van der Waals surface area contributed by atoms with Crippen LogP contribution in [0.25, 0.3) is 0 Å². The van der Waals surface area contributed by atoms with E-state index in [9.17, 15) is 9.59 Å². The number of hydrogen-bond acceptors (Lipinski definition) is 3. The zero-order chi connectivity index (χ0) is 20.0. The second-order valence-corrected chi connectivity index (χ2v) is 6.97. The van der Waals surface area contributed by atoms with Crippen molar-refractivity contribution in [2.75, 3.05) is 5.32 Å². The Hall–Kier alpha value is -2.66. The summed E-state index contributed by atoms with van der Waals surface area (Å²) in [5, 5.41) is 7.36. The Labute approximate surface area is 164 Å². The molecular weight excluding hydrogens is 362 g/mol. The van der Waals surface area contributed by atoms with Gasteiger partial charge >= 0.3 is 0 Å². The molecule has 0 radical (unpaired) electrons. The van der Waals surface area contributed by atoms with E-state index in [0.29, 0.717) is 10.7 Å². The van der Waals surface area contributed by atoms with Crippen LogP contribution in [-0.4, -0.2) is 18.0 Å². The second-order valence-electron chi connectivity index (χ2n) is 6.57. The van der Waals surface area contributed by atoms with Gasteiger partial charge in [-0.05, 0) is 56.5 Å². The van der Waals surface area contributed by atoms with Crippen molar-refractivity contribution in [1.82, 2.24) is 5.43 Å². The highest BCUT2D eigenvalue weighted by atomic mass is 35.5. The lowest BCUT2D eigenvalue weighted by Gasteiger charge is -2.09. The van der Waals surface area contributed by atoms with Gasteiger partial charge in [-0.15, -0.1) is 0 Å². The summed E-state index contributed by atoms with van der Waals surface area (Å²) in [6.07, 6.45) is 1.75. The molecule has 2 aromatic carbocycles. The number of nitrogens with zero attached hydrogens (tertiary/aromatic N) is 1. The van der Waals surface area contributed by atoms with E-state index in [4.69, 9.17) is 11.6 Å². The standard InChI is InChI=1S/C21H24ClN3O2/c1-13-10-14(2)17(15(3)11-13)12-23-25-21(27)9-8-20(26)24-19-7-5-6-18(22)16(19)4/h5-7,10-12H,8-9H2,1-4H3,(H,24,26)(H,25,27). The maximum atomic E-state index is 12.0. The topological polar surface area (TPSA) is 70.6 Å². The number of nitrogens with one attached hydrogen (secondary N) is 2. The highest BCUT2D eigenvalue weighted by Gasteiger charge is 2.09. The van der Waals surface area contributed by atoms with E-state index in [0.717, 1.165) is 22.3 Å². The third-order valence-electron chi connectivity index (χ3n) is 4.24. The van der Waals surface area contributed by atoms with Crippen molar-refractivity contribution in [3.05, 3.63) is 63.2 Å². The lowest BCUT2D eigenvalue weighted by Crippen LogP contribution is -2.21. The first-order valence-electron chi connectivity index (χ1n) is 8.72. The molecule has 5 nitrogen and oxygen atoms in total. The number of benzene rings is 2. The van der Waals surface area contributed by atoms with E-state index >= 15 is 0 Å². The molecular formula is C21H24ClN3O2.